The van der Waals surface area contributed by atoms with Crippen molar-refractivity contribution in [3.8, 4) is 5.75 Å². The van der Waals surface area contributed by atoms with Crippen molar-refractivity contribution in [2.45, 2.75) is 32.7 Å². The summed E-state index contributed by atoms with van der Waals surface area (Å²) in [5, 5.41) is 2.78. The number of rotatable bonds is 5. The number of anilines is 1. The van der Waals surface area contributed by atoms with Crippen molar-refractivity contribution in [3.05, 3.63) is 24.3 Å². The first-order valence-corrected chi connectivity index (χ1v) is 5.82. The number of carbonyl (C=O) groups is 1. The first-order chi connectivity index (χ1) is 7.99. The van der Waals surface area contributed by atoms with Crippen LogP contribution in [0.15, 0.2) is 24.3 Å². The zero-order valence-corrected chi connectivity index (χ0v) is 10.6. The number of hydrogen-bond donors (Lipinski definition) is 2. The molecule has 1 aromatic carbocycles. The molecule has 1 rings (SSSR count). The normalized spacial score (nSPS) is 13.9. The molecule has 17 heavy (non-hydrogen) atoms. The molecule has 0 aliphatic carbocycles. The van der Waals surface area contributed by atoms with Crippen molar-refractivity contribution in [3.63, 3.8) is 0 Å². The van der Waals surface area contributed by atoms with Crippen molar-refractivity contribution in [1.82, 2.24) is 0 Å². The predicted molar refractivity (Wildman–Crippen MR) is 69.1 cm³/mol. The standard InChI is InChI=1S/C13H20N2O2/c1-4-13(3,14)12(16)15-10-6-8-11(9-7-10)17-5-2/h6-9H,4-5,14H2,1-3H3,(H,15,16). The Labute approximate surface area is 102 Å². The molecular weight excluding hydrogens is 216 g/mol. The summed E-state index contributed by atoms with van der Waals surface area (Å²) in [6.07, 6.45) is 0.593. The van der Waals surface area contributed by atoms with Gasteiger partial charge in [-0.15, -0.1) is 0 Å². The minimum absolute atomic E-state index is 0.177. The van der Waals surface area contributed by atoms with E-state index in [4.69, 9.17) is 10.5 Å². The smallest absolute Gasteiger partial charge is 0.244 e. The third-order valence-corrected chi connectivity index (χ3v) is 2.68. The van der Waals surface area contributed by atoms with E-state index < -0.39 is 5.54 Å². The van der Waals surface area contributed by atoms with Crippen LogP contribution in [0.5, 0.6) is 5.75 Å². The summed E-state index contributed by atoms with van der Waals surface area (Å²) in [5.74, 6) is 0.612. The fourth-order valence-electron chi connectivity index (χ4n) is 1.24. The third-order valence-electron chi connectivity index (χ3n) is 2.68. The zero-order chi connectivity index (χ0) is 12.9. The van der Waals surface area contributed by atoms with Gasteiger partial charge in [-0.25, -0.2) is 0 Å². The molecule has 0 aromatic heterocycles. The van der Waals surface area contributed by atoms with Crippen LogP contribution in [0.3, 0.4) is 0 Å². The van der Waals surface area contributed by atoms with Crippen LogP contribution in [0.1, 0.15) is 27.2 Å². The zero-order valence-electron chi connectivity index (χ0n) is 10.6. The van der Waals surface area contributed by atoms with Crippen LogP contribution < -0.4 is 15.8 Å². The topological polar surface area (TPSA) is 64.3 Å². The lowest BCUT2D eigenvalue weighted by Gasteiger charge is -2.21. The second kappa shape index (κ2) is 5.68. The third kappa shape index (κ3) is 3.75. The van der Waals surface area contributed by atoms with E-state index in [9.17, 15) is 4.79 Å². The Morgan fingerprint density at radius 2 is 1.94 bits per heavy atom. The maximum Gasteiger partial charge on any atom is 0.244 e. The number of benzene rings is 1. The van der Waals surface area contributed by atoms with E-state index in [1.165, 1.54) is 0 Å². The molecule has 1 unspecified atom stereocenters. The van der Waals surface area contributed by atoms with E-state index >= 15 is 0 Å². The van der Waals surface area contributed by atoms with Gasteiger partial charge < -0.3 is 15.8 Å². The molecule has 0 fully saturated rings. The van der Waals surface area contributed by atoms with Gasteiger partial charge in [0.05, 0.1) is 12.1 Å². The van der Waals surface area contributed by atoms with Gasteiger partial charge in [-0.1, -0.05) is 6.92 Å². The molecule has 0 spiro atoms. The summed E-state index contributed by atoms with van der Waals surface area (Å²) in [4.78, 5) is 11.8. The molecule has 0 radical (unpaired) electrons. The summed E-state index contributed by atoms with van der Waals surface area (Å²) in [7, 11) is 0. The van der Waals surface area contributed by atoms with Crippen LogP contribution in [-0.4, -0.2) is 18.1 Å². The Bertz CT molecular complexity index is 372. The van der Waals surface area contributed by atoms with Crippen LogP contribution in [0.2, 0.25) is 0 Å². The second-order valence-electron chi connectivity index (χ2n) is 4.18. The molecule has 94 valence electrons. The fourth-order valence-corrected chi connectivity index (χ4v) is 1.24. The first kappa shape index (κ1) is 13.5. The van der Waals surface area contributed by atoms with Gasteiger partial charge in [0.25, 0.3) is 0 Å². The minimum Gasteiger partial charge on any atom is -0.494 e. The monoisotopic (exact) mass is 236 g/mol. The van der Waals surface area contributed by atoms with Crippen LogP contribution in [0, 0.1) is 0 Å². The summed E-state index contributed by atoms with van der Waals surface area (Å²) in [6, 6.07) is 7.24. The van der Waals surface area contributed by atoms with E-state index in [2.05, 4.69) is 5.32 Å². The molecule has 1 aromatic rings. The molecule has 0 aliphatic rings. The van der Waals surface area contributed by atoms with Crippen molar-refractivity contribution in [1.29, 1.82) is 0 Å². The average molecular weight is 236 g/mol. The summed E-state index contributed by atoms with van der Waals surface area (Å²) in [5.41, 5.74) is 5.74. The van der Waals surface area contributed by atoms with E-state index in [-0.39, 0.29) is 5.91 Å². The Hall–Kier alpha value is -1.55. The maximum atomic E-state index is 11.8. The summed E-state index contributed by atoms with van der Waals surface area (Å²) < 4.78 is 5.32. The van der Waals surface area contributed by atoms with Gasteiger partial charge in [-0.2, -0.15) is 0 Å². The van der Waals surface area contributed by atoms with E-state index in [0.29, 0.717) is 13.0 Å². The lowest BCUT2D eigenvalue weighted by atomic mass is 9.99. The number of carbonyl (C=O) groups excluding carboxylic acids is 1. The van der Waals surface area contributed by atoms with Gasteiger partial charge in [0.1, 0.15) is 5.75 Å². The van der Waals surface area contributed by atoms with Gasteiger partial charge in [-0.05, 0) is 44.5 Å². The maximum absolute atomic E-state index is 11.8. The number of ether oxygens (including phenoxy) is 1. The summed E-state index contributed by atoms with van der Waals surface area (Å²) >= 11 is 0. The van der Waals surface area contributed by atoms with Gasteiger partial charge in [0, 0.05) is 5.69 Å². The highest BCUT2D eigenvalue weighted by Gasteiger charge is 2.25. The lowest BCUT2D eigenvalue weighted by molar-refractivity contribution is -0.120. The lowest BCUT2D eigenvalue weighted by Crippen LogP contribution is -2.47. The molecule has 4 nitrogen and oxygen atoms in total. The Morgan fingerprint density at radius 3 is 2.41 bits per heavy atom. The van der Waals surface area contributed by atoms with Gasteiger partial charge in [-0.3, -0.25) is 4.79 Å². The minimum atomic E-state index is -0.835. The molecule has 1 amide bonds. The largest absolute Gasteiger partial charge is 0.494 e. The molecule has 4 heteroatoms. The van der Waals surface area contributed by atoms with Gasteiger partial charge in [0.2, 0.25) is 5.91 Å². The van der Waals surface area contributed by atoms with Gasteiger partial charge >= 0.3 is 0 Å². The van der Waals surface area contributed by atoms with E-state index in [1.54, 1.807) is 19.1 Å². The van der Waals surface area contributed by atoms with Crippen molar-refractivity contribution in [2.75, 3.05) is 11.9 Å². The number of nitrogens with one attached hydrogen (secondary N) is 1. The second-order valence-corrected chi connectivity index (χ2v) is 4.18. The van der Waals surface area contributed by atoms with Crippen molar-refractivity contribution >= 4 is 11.6 Å². The Morgan fingerprint density at radius 1 is 1.35 bits per heavy atom. The quantitative estimate of drug-likeness (QED) is 0.823. The molecular formula is C13H20N2O2. The van der Waals surface area contributed by atoms with Crippen molar-refractivity contribution < 1.29 is 9.53 Å². The van der Waals surface area contributed by atoms with E-state index in [0.717, 1.165) is 11.4 Å². The SMILES string of the molecule is CCOc1ccc(NC(=O)C(C)(N)CC)cc1. The summed E-state index contributed by atoms with van der Waals surface area (Å²) in [6.45, 7) is 6.16. The van der Waals surface area contributed by atoms with Crippen LogP contribution in [0.4, 0.5) is 5.69 Å². The molecule has 0 heterocycles. The molecule has 0 saturated heterocycles. The number of hydrogen-bond acceptors (Lipinski definition) is 3. The highest BCUT2D eigenvalue weighted by atomic mass is 16.5. The Balaban J connectivity index is 2.66. The molecule has 0 aliphatic heterocycles. The highest BCUT2D eigenvalue weighted by Crippen LogP contribution is 2.17. The average Bonchev–Trinajstić information content (AvgIpc) is 2.32. The first-order valence-electron chi connectivity index (χ1n) is 5.82. The van der Waals surface area contributed by atoms with Crippen molar-refractivity contribution in [2.24, 2.45) is 5.73 Å². The molecule has 0 saturated carbocycles. The molecule has 0 bridgehead atoms. The number of nitrogens with two attached hydrogens (primary N) is 1. The fraction of sp³-hybridized carbons (Fsp3) is 0.462. The Kier molecular flexibility index (Phi) is 4.52. The predicted octanol–water partition coefficient (Wildman–Crippen LogP) is 2.15. The highest BCUT2D eigenvalue weighted by molar-refractivity contribution is 5.97. The van der Waals surface area contributed by atoms with E-state index in [1.807, 2.05) is 26.0 Å². The molecule has 1 atom stereocenters. The van der Waals surface area contributed by atoms with Crippen LogP contribution in [-0.2, 0) is 4.79 Å². The number of amides is 1. The van der Waals surface area contributed by atoms with Crippen LogP contribution >= 0.6 is 0 Å². The molecule has 3 N–H and O–H groups in total. The van der Waals surface area contributed by atoms with Crippen LogP contribution in [0.25, 0.3) is 0 Å². The van der Waals surface area contributed by atoms with Gasteiger partial charge in [0.15, 0.2) is 0 Å².